The average Bonchev–Trinajstić information content (AvgIpc) is 3.64. The molecule has 4 N–H and O–H groups in total. The molecule has 2 aliphatic heterocycles. The van der Waals surface area contributed by atoms with E-state index < -0.39 is 0 Å². The van der Waals surface area contributed by atoms with Gasteiger partial charge in [-0.2, -0.15) is 10.2 Å². The van der Waals surface area contributed by atoms with Crippen molar-refractivity contribution in [3.8, 4) is 0 Å². The molecule has 10 nitrogen and oxygen atoms in total. The maximum absolute atomic E-state index is 12.3. The van der Waals surface area contributed by atoms with E-state index in [1.54, 1.807) is 12.4 Å². The second-order valence-corrected chi connectivity index (χ2v) is 10.7. The van der Waals surface area contributed by atoms with Crippen LogP contribution in [-0.2, 0) is 9.59 Å². The Labute approximate surface area is 234 Å². The molecule has 2 aromatic heterocycles. The van der Waals surface area contributed by atoms with Gasteiger partial charge in [0.05, 0.1) is 36.5 Å². The van der Waals surface area contributed by atoms with E-state index in [9.17, 15) is 9.59 Å². The number of H-pyrrole nitrogens is 2. The molecule has 2 amide bonds. The summed E-state index contributed by atoms with van der Waals surface area (Å²) in [5.74, 6) is 0.306. The molecule has 0 saturated carbocycles. The third-order valence-electron chi connectivity index (χ3n) is 7.77. The summed E-state index contributed by atoms with van der Waals surface area (Å²) >= 11 is 0. The predicted octanol–water partition coefficient (Wildman–Crippen LogP) is 4.12. The van der Waals surface area contributed by atoms with Gasteiger partial charge in [0.1, 0.15) is 0 Å². The molecule has 2 atom stereocenters. The van der Waals surface area contributed by atoms with Crippen LogP contribution in [0.3, 0.4) is 0 Å². The van der Waals surface area contributed by atoms with E-state index in [4.69, 9.17) is 0 Å². The van der Waals surface area contributed by atoms with Gasteiger partial charge in [-0.25, -0.2) is 0 Å². The van der Waals surface area contributed by atoms with Crippen LogP contribution < -0.4 is 20.4 Å². The molecule has 2 fully saturated rings. The summed E-state index contributed by atoms with van der Waals surface area (Å²) in [7, 11) is 0. The largest absolute Gasteiger partial charge is 0.307 e. The third-order valence-corrected chi connectivity index (χ3v) is 7.77. The van der Waals surface area contributed by atoms with Gasteiger partial charge in [-0.3, -0.25) is 19.8 Å². The highest BCUT2D eigenvalue weighted by atomic mass is 16.2. The summed E-state index contributed by atoms with van der Waals surface area (Å²) in [5.41, 5.74) is 3.96. The first-order chi connectivity index (χ1) is 19.6. The summed E-state index contributed by atoms with van der Waals surface area (Å²) < 4.78 is 0. The summed E-state index contributed by atoms with van der Waals surface area (Å²) in [6.45, 7) is 6.95. The zero-order valence-corrected chi connectivity index (χ0v) is 23.4. The fraction of sp³-hybridized carbons (Fsp3) is 0.467. The second-order valence-electron chi connectivity index (χ2n) is 10.7. The van der Waals surface area contributed by atoms with Gasteiger partial charge in [0.25, 0.3) is 0 Å². The minimum atomic E-state index is 0.153. The molecule has 2 saturated heterocycles. The molecule has 0 aliphatic carbocycles. The minimum absolute atomic E-state index is 0.153. The van der Waals surface area contributed by atoms with Gasteiger partial charge in [0.15, 0.2) is 0 Å². The van der Waals surface area contributed by atoms with E-state index in [0.717, 1.165) is 84.8 Å². The Balaban J connectivity index is 0.000000161. The third kappa shape index (κ3) is 6.18. The van der Waals surface area contributed by atoms with Gasteiger partial charge < -0.3 is 20.4 Å². The van der Waals surface area contributed by atoms with Crippen molar-refractivity contribution < 1.29 is 9.59 Å². The standard InChI is InChI=1S/2C15H20N4O/c2*1-2-3-4-13-9-16-10-15(20)19(13)12-5-6-14-11(7-12)8-17-18-14/h2*5-8,13,16H,2-4,9-10H2,1H3,(H,17,18). The first-order valence-electron chi connectivity index (χ1n) is 14.5. The van der Waals surface area contributed by atoms with Gasteiger partial charge in [0.2, 0.25) is 11.8 Å². The molecule has 2 aromatic carbocycles. The summed E-state index contributed by atoms with van der Waals surface area (Å²) in [6.07, 6.45) is 10.3. The number of unbranched alkanes of at least 4 members (excludes halogenated alkanes) is 2. The minimum Gasteiger partial charge on any atom is -0.307 e. The van der Waals surface area contributed by atoms with Crippen LogP contribution in [0.25, 0.3) is 21.8 Å². The van der Waals surface area contributed by atoms with E-state index in [1.165, 1.54) is 0 Å². The van der Waals surface area contributed by atoms with E-state index in [0.29, 0.717) is 13.1 Å². The van der Waals surface area contributed by atoms with Crippen molar-refractivity contribution >= 4 is 45.0 Å². The van der Waals surface area contributed by atoms with Crippen LogP contribution in [-0.4, -0.2) is 70.5 Å². The number of hydrogen-bond acceptors (Lipinski definition) is 6. The number of aromatic nitrogens is 4. The Hall–Kier alpha value is -3.76. The van der Waals surface area contributed by atoms with E-state index in [-0.39, 0.29) is 23.9 Å². The number of nitrogens with zero attached hydrogens (tertiary/aromatic N) is 4. The Morgan fingerprint density at radius 3 is 1.60 bits per heavy atom. The van der Waals surface area contributed by atoms with E-state index in [1.807, 2.05) is 46.2 Å². The summed E-state index contributed by atoms with van der Waals surface area (Å²) in [4.78, 5) is 28.5. The lowest BCUT2D eigenvalue weighted by Gasteiger charge is -2.36. The highest BCUT2D eigenvalue weighted by Gasteiger charge is 2.30. The zero-order chi connectivity index (χ0) is 27.9. The number of amides is 2. The molecule has 0 radical (unpaired) electrons. The van der Waals surface area contributed by atoms with Gasteiger partial charge in [-0.15, -0.1) is 0 Å². The first kappa shape index (κ1) is 27.8. The topological polar surface area (TPSA) is 122 Å². The van der Waals surface area contributed by atoms with E-state index in [2.05, 4.69) is 44.9 Å². The molecule has 4 heterocycles. The van der Waals surface area contributed by atoms with Crippen molar-refractivity contribution in [2.45, 2.75) is 64.5 Å². The van der Waals surface area contributed by atoms with Crippen LogP contribution in [0, 0.1) is 0 Å². The lowest BCUT2D eigenvalue weighted by Crippen LogP contribution is -2.55. The number of piperazine rings is 2. The molecule has 10 heteroatoms. The highest BCUT2D eigenvalue weighted by Crippen LogP contribution is 2.27. The van der Waals surface area contributed by atoms with Crippen LogP contribution >= 0.6 is 0 Å². The molecule has 6 rings (SSSR count). The van der Waals surface area contributed by atoms with Crippen molar-refractivity contribution in [1.29, 1.82) is 0 Å². The Morgan fingerprint density at radius 2 is 1.18 bits per heavy atom. The maximum atomic E-state index is 12.3. The van der Waals surface area contributed by atoms with Gasteiger partial charge in [-0.05, 0) is 49.2 Å². The average molecular weight is 545 g/mol. The Bertz CT molecular complexity index is 1320. The number of nitrogens with one attached hydrogen (secondary N) is 4. The van der Waals surface area contributed by atoms with Gasteiger partial charge >= 0.3 is 0 Å². The molecule has 0 spiro atoms. The highest BCUT2D eigenvalue weighted by molar-refractivity contribution is 5.99. The molecule has 40 heavy (non-hydrogen) atoms. The fourth-order valence-electron chi connectivity index (χ4n) is 5.66. The summed E-state index contributed by atoms with van der Waals surface area (Å²) in [6, 6.07) is 12.6. The Morgan fingerprint density at radius 1 is 0.725 bits per heavy atom. The maximum Gasteiger partial charge on any atom is 0.241 e. The number of carbonyl (C=O) groups is 2. The fourth-order valence-corrected chi connectivity index (χ4v) is 5.66. The molecule has 2 aliphatic rings. The van der Waals surface area contributed by atoms with Crippen molar-refractivity contribution in [3.63, 3.8) is 0 Å². The Kier molecular flexibility index (Phi) is 9.08. The lowest BCUT2D eigenvalue weighted by molar-refractivity contribution is -0.120. The number of rotatable bonds is 8. The SMILES string of the molecule is CCCCC1CNCC(=O)N1c1ccc2[nH]ncc2c1.CCCCC1CNCC(=O)N1c1ccc2[nH]ncc2c1. The second kappa shape index (κ2) is 13.1. The smallest absolute Gasteiger partial charge is 0.241 e. The number of anilines is 2. The number of carbonyl (C=O) groups excluding carboxylic acids is 2. The van der Waals surface area contributed by atoms with Crippen LogP contribution in [0.15, 0.2) is 48.8 Å². The molecular weight excluding hydrogens is 504 g/mol. The normalized spacial score (nSPS) is 19.8. The van der Waals surface area contributed by atoms with Crippen molar-refractivity contribution in [1.82, 2.24) is 31.0 Å². The molecule has 4 aromatic rings. The van der Waals surface area contributed by atoms with Gasteiger partial charge in [-0.1, -0.05) is 39.5 Å². The zero-order valence-electron chi connectivity index (χ0n) is 23.4. The quantitative estimate of drug-likeness (QED) is 0.265. The number of aromatic amines is 2. The van der Waals surface area contributed by atoms with Crippen molar-refractivity contribution in [2.75, 3.05) is 36.0 Å². The predicted molar refractivity (Wildman–Crippen MR) is 160 cm³/mol. The first-order valence-corrected chi connectivity index (χ1v) is 14.5. The van der Waals surface area contributed by atoms with Gasteiger partial charge in [0, 0.05) is 47.3 Å². The van der Waals surface area contributed by atoms with Crippen LogP contribution in [0.1, 0.15) is 52.4 Å². The number of benzene rings is 2. The number of fused-ring (bicyclic) bond motifs is 2. The van der Waals surface area contributed by atoms with E-state index >= 15 is 0 Å². The van der Waals surface area contributed by atoms with Crippen molar-refractivity contribution in [2.24, 2.45) is 0 Å². The number of hydrogen-bond donors (Lipinski definition) is 4. The monoisotopic (exact) mass is 544 g/mol. The van der Waals surface area contributed by atoms with Crippen molar-refractivity contribution in [3.05, 3.63) is 48.8 Å². The van der Waals surface area contributed by atoms with Crippen LogP contribution in [0.2, 0.25) is 0 Å². The molecular formula is C30H40N8O2. The molecule has 2 unspecified atom stereocenters. The lowest BCUT2D eigenvalue weighted by atomic mass is 10.0. The molecule has 212 valence electrons. The molecule has 0 bridgehead atoms. The summed E-state index contributed by atoms with van der Waals surface area (Å²) in [5, 5.41) is 22.5. The van der Waals surface area contributed by atoms with Crippen LogP contribution in [0.5, 0.6) is 0 Å². The van der Waals surface area contributed by atoms with Crippen LogP contribution in [0.4, 0.5) is 11.4 Å².